The third kappa shape index (κ3) is 2.82. The molecule has 1 amide bonds. The van der Waals surface area contributed by atoms with Crippen molar-refractivity contribution in [3.8, 4) is 0 Å². The summed E-state index contributed by atoms with van der Waals surface area (Å²) in [4.78, 5) is 19.9. The Labute approximate surface area is 109 Å². The van der Waals surface area contributed by atoms with Crippen molar-refractivity contribution in [1.29, 1.82) is 0 Å². The van der Waals surface area contributed by atoms with Gasteiger partial charge < -0.3 is 11.1 Å². The van der Waals surface area contributed by atoms with E-state index >= 15 is 0 Å². The van der Waals surface area contributed by atoms with E-state index in [4.69, 9.17) is 17.3 Å². The van der Waals surface area contributed by atoms with E-state index in [1.54, 1.807) is 30.6 Å². The topological polar surface area (TPSA) is 80.9 Å². The van der Waals surface area contributed by atoms with Crippen LogP contribution in [0.3, 0.4) is 0 Å². The van der Waals surface area contributed by atoms with Gasteiger partial charge in [-0.2, -0.15) is 0 Å². The molecule has 0 radical (unpaired) electrons. The van der Waals surface area contributed by atoms with Gasteiger partial charge in [0, 0.05) is 24.5 Å². The predicted molar refractivity (Wildman–Crippen MR) is 69.3 cm³/mol. The molecule has 0 fully saturated rings. The standard InChI is InChI=1S/C12H11ClN4O/c13-10-2-3-15-7-11(10)17-12(18)8-1-4-16-9(5-8)6-14/h1-5,7H,6,14H2,(H,17,18). The van der Waals surface area contributed by atoms with Crippen LogP contribution in [0.4, 0.5) is 5.69 Å². The Hall–Kier alpha value is -1.98. The Kier molecular flexibility index (Phi) is 3.86. The molecule has 0 bridgehead atoms. The van der Waals surface area contributed by atoms with E-state index in [1.165, 1.54) is 6.20 Å². The quantitative estimate of drug-likeness (QED) is 0.884. The minimum absolute atomic E-state index is 0.276. The van der Waals surface area contributed by atoms with Crippen LogP contribution in [-0.4, -0.2) is 15.9 Å². The second kappa shape index (κ2) is 5.57. The predicted octanol–water partition coefficient (Wildman–Crippen LogP) is 1.84. The van der Waals surface area contributed by atoms with Gasteiger partial charge in [0.1, 0.15) is 0 Å². The van der Waals surface area contributed by atoms with Crippen LogP contribution in [-0.2, 0) is 6.54 Å². The van der Waals surface area contributed by atoms with Crippen molar-refractivity contribution in [2.75, 3.05) is 5.32 Å². The van der Waals surface area contributed by atoms with Crippen LogP contribution < -0.4 is 11.1 Å². The second-order valence-electron chi connectivity index (χ2n) is 3.55. The fourth-order valence-electron chi connectivity index (χ4n) is 1.40. The van der Waals surface area contributed by atoms with E-state index in [1.807, 2.05) is 0 Å². The van der Waals surface area contributed by atoms with Gasteiger partial charge in [-0.25, -0.2) is 0 Å². The zero-order chi connectivity index (χ0) is 13.0. The molecule has 2 rings (SSSR count). The number of halogens is 1. The van der Waals surface area contributed by atoms with Crippen LogP contribution in [0, 0.1) is 0 Å². The molecule has 5 nitrogen and oxygen atoms in total. The van der Waals surface area contributed by atoms with Gasteiger partial charge in [0.05, 0.1) is 22.6 Å². The summed E-state index contributed by atoms with van der Waals surface area (Å²) in [5.41, 5.74) is 7.07. The Balaban J connectivity index is 2.19. The monoisotopic (exact) mass is 262 g/mol. The number of nitrogens with two attached hydrogens (primary N) is 1. The maximum absolute atomic E-state index is 12.0. The molecule has 0 aromatic carbocycles. The Morgan fingerprint density at radius 3 is 2.94 bits per heavy atom. The van der Waals surface area contributed by atoms with E-state index in [0.717, 1.165) is 0 Å². The van der Waals surface area contributed by atoms with Crippen LogP contribution in [0.5, 0.6) is 0 Å². The number of carbonyl (C=O) groups is 1. The van der Waals surface area contributed by atoms with Crippen LogP contribution in [0.25, 0.3) is 0 Å². The molecule has 18 heavy (non-hydrogen) atoms. The lowest BCUT2D eigenvalue weighted by molar-refractivity contribution is 0.102. The van der Waals surface area contributed by atoms with Gasteiger partial charge in [-0.1, -0.05) is 11.6 Å². The van der Waals surface area contributed by atoms with Crippen molar-refractivity contribution in [2.45, 2.75) is 6.54 Å². The van der Waals surface area contributed by atoms with Crippen LogP contribution in [0.15, 0.2) is 36.8 Å². The summed E-state index contributed by atoms with van der Waals surface area (Å²) in [6.07, 6.45) is 4.59. The van der Waals surface area contributed by atoms with Gasteiger partial charge >= 0.3 is 0 Å². The number of nitrogens with zero attached hydrogens (tertiary/aromatic N) is 2. The number of pyridine rings is 2. The SMILES string of the molecule is NCc1cc(C(=O)Nc2cnccc2Cl)ccn1. The summed E-state index contributed by atoms with van der Waals surface area (Å²) in [5.74, 6) is -0.276. The maximum atomic E-state index is 12.0. The van der Waals surface area contributed by atoms with Gasteiger partial charge in [0.25, 0.3) is 5.91 Å². The highest BCUT2D eigenvalue weighted by Crippen LogP contribution is 2.19. The first-order chi connectivity index (χ1) is 8.70. The number of nitrogens with one attached hydrogen (secondary N) is 1. The largest absolute Gasteiger partial charge is 0.325 e. The summed E-state index contributed by atoms with van der Waals surface area (Å²) >= 11 is 5.93. The Morgan fingerprint density at radius 2 is 2.22 bits per heavy atom. The number of amides is 1. The second-order valence-corrected chi connectivity index (χ2v) is 3.96. The molecule has 0 aliphatic carbocycles. The Morgan fingerprint density at radius 1 is 1.39 bits per heavy atom. The first kappa shape index (κ1) is 12.5. The summed E-state index contributed by atoms with van der Waals surface area (Å²) < 4.78 is 0. The first-order valence-electron chi connectivity index (χ1n) is 5.26. The smallest absolute Gasteiger partial charge is 0.255 e. The highest BCUT2D eigenvalue weighted by molar-refractivity contribution is 6.33. The van der Waals surface area contributed by atoms with Crippen molar-refractivity contribution >= 4 is 23.2 Å². The molecule has 92 valence electrons. The van der Waals surface area contributed by atoms with Gasteiger partial charge in [-0.05, 0) is 18.2 Å². The molecule has 0 atom stereocenters. The third-order valence-electron chi connectivity index (χ3n) is 2.30. The number of aromatic nitrogens is 2. The average molecular weight is 263 g/mol. The number of hydrogen-bond acceptors (Lipinski definition) is 4. The fraction of sp³-hybridized carbons (Fsp3) is 0.0833. The molecule has 0 unspecified atom stereocenters. The highest BCUT2D eigenvalue weighted by Gasteiger charge is 2.09. The summed E-state index contributed by atoms with van der Waals surface area (Å²) in [6.45, 7) is 0.286. The molecule has 0 spiro atoms. The molecule has 6 heteroatoms. The van der Waals surface area contributed by atoms with Gasteiger partial charge in [0.2, 0.25) is 0 Å². The first-order valence-corrected chi connectivity index (χ1v) is 5.64. The number of carbonyl (C=O) groups excluding carboxylic acids is 1. The zero-order valence-corrected chi connectivity index (χ0v) is 10.2. The lowest BCUT2D eigenvalue weighted by Crippen LogP contribution is -2.13. The molecule has 2 heterocycles. The van der Waals surface area contributed by atoms with Crippen molar-refractivity contribution in [3.63, 3.8) is 0 Å². The lowest BCUT2D eigenvalue weighted by atomic mass is 10.2. The molecular formula is C12H11ClN4O. The zero-order valence-electron chi connectivity index (χ0n) is 9.43. The van der Waals surface area contributed by atoms with Crippen molar-refractivity contribution in [2.24, 2.45) is 5.73 Å². The lowest BCUT2D eigenvalue weighted by Gasteiger charge is -2.06. The number of anilines is 1. The minimum Gasteiger partial charge on any atom is -0.325 e. The molecular weight excluding hydrogens is 252 g/mol. The molecule has 2 aromatic rings. The normalized spacial score (nSPS) is 10.1. The molecule has 3 N–H and O–H groups in total. The summed E-state index contributed by atoms with van der Waals surface area (Å²) in [5, 5.41) is 3.11. The molecule has 0 saturated carbocycles. The molecule has 0 aliphatic heterocycles. The van der Waals surface area contributed by atoms with Crippen molar-refractivity contribution < 1.29 is 4.79 Å². The van der Waals surface area contributed by atoms with E-state index < -0.39 is 0 Å². The van der Waals surface area contributed by atoms with Crippen molar-refractivity contribution in [3.05, 3.63) is 53.1 Å². The number of hydrogen-bond donors (Lipinski definition) is 2. The summed E-state index contributed by atoms with van der Waals surface area (Å²) in [7, 11) is 0. The van der Waals surface area contributed by atoms with Crippen LogP contribution in [0.1, 0.15) is 16.1 Å². The summed E-state index contributed by atoms with van der Waals surface area (Å²) in [6, 6.07) is 4.85. The van der Waals surface area contributed by atoms with E-state index in [0.29, 0.717) is 22.0 Å². The van der Waals surface area contributed by atoms with E-state index in [-0.39, 0.29) is 12.5 Å². The third-order valence-corrected chi connectivity index (χ3v) is 2.63. The van der Waals surface area contributed by atoms with Gasteiger partial charge in [-0.3, -0.25) is 14.8 Å². The molecule has 2 aromatic heterocycles. The van der Waals surface area contributed by atoms with Crippen LogP contribution in [0.2, 0.25) is 5.02 Å². The van der Waals surface area contributed by atoms with E-state index in [9.17, 15) is 4.79 Å². The highest BCUT2D eigenvalue weighted by atomic mass is 35.5. The maximum Gasteiger partial charge on any atom is 0.255 e. The minimum atomic E-state index is -0.276. The Bertz CT molecular complexity index is 574. The van der Waals surface area contributed by atoms with Crippen LogP contribution >= 0.6 is 11.6 Å². The average Bonchev–Trinajstić information content (AvgIpc) is 2.41. The van der Waals surface area contributed by atoms with E-state index in [2.05, 4.69) is 15.3 Å². The van der Waals surface area contributed by atoms with Crippen molar-refractivity contribution in [1.82, 2.24) is 9.97 Å². The number of rotatable bonds is 3. The molecule has 0 saturated heterocycles. The molecule has 0 aliphatic rings. The van der Waals surface area contributed by atoms with Gasteiger partial charge in [0.15, 0.2) is 0 Å². The fourth-order valence-corrected chi connectivity index (χ4v) is 1.55. The van der Waals surface area contributed by atoms with Gasteiger partial charge in [-0.15, -0.1) is 0 Å².